The summed E-state index contributed by atoms with van der Waals surface area (Å²) in [5.74, 6) is -0.512. The summed E-state index contributed by atoms with van der Waals surface area (Å²) < 4.78 is 15.3. The first-order valence-electron chi connectivity index (χ1n) is 5.21. The molecule has 1 aromatic heterocycles. The van der Waals surface area contributed by atoms with Gasteiger partial charge in [-0.05, 0) is 6.92 Å². The Kier molecular flexibility index (Phi) is 3.35. The van der Waals surface area contributed by atoms with Gasteiger partial charge in [-0.25, -0.2) is 4.39 Å². The van der Waals surface area contributed by atoms with Crippen molar-refractivity contribution in [3.05, 3.63) is 17.2 Å². The van der Waals surface area contributed by atoms with Crippen molar-refractivity contribution in [2.75, 3.05) is 7.05 Å². The van der Waals surface area contributed by atoms with Gasteiger partial charge in [-0.2, -0.15) is 5.10 Å². The molecular weight excluding hydrogens is 209 g/mol. The second-order valence-corrected chi connectivity index (χ2v) is 4.83. The standard InChI is InChI=1S/C11H18FN3O/c1-7-9(12)10(11(2,3)4)14-15(7)6-8(16)13-5/h6H2,1-5H3,(H,13,16). The molecule has 0 aromatic carbocycles. The lowest BCUT2D eigenvalue weighted by Gasteiger charge is -2.14. The van der Waals surface area contributed by atoms with E-state index >= 15 is 0 Å². The Bertz CT molecular complexity index is 404. The van der Waals surface area contributed by atoms with E-state index in [1.807, 2.05) is 20.8 Å². The summed E-state index contributed by atoms with van der Waals surface area (Å²) in [6.07, 6.45) is 0. The van der Waals surface area contributed by atoms with Crippen LogP contribution in [-0.2, 0) is 16.8 Å². The number of rotatable bonds is 2. The van der Waals surface area contributed by atoms with E-state index in [1.54, 1.807) is 14.0 Å². The van der Waals surface area contributed by atoms with E-state index < -0.39 is 0 Å². The van der Waals surface area contributed by atoms with Gasteiger partial charge >= 0.3 is 0 Å². The van der Waals surface area contributed by atoms with E-state index in [0.717, 1.165) is 0 Å². The van der Waals surface area contributed by atoms with Gasteiger partial charge < -0.3 is 5.32 Å². The summed E-state index contributed by atoms with van der Waals surface area (Å²) in [6.45, 7) is 7.35. The maximum Gasteiger partial charge on any atom is 0.241 e. The topological polar surface area (TPSA) is 46.9 Å². The average molecular weight is 227 g/mol. The molecule has 0 spiro atoms. The van der Waals surface area contributed by atoms with Crippen LogP contribution in [0.15, 0.2) is 0 Å². The van der Waals surface area contributed by atoms with E-state index in [0.29, 0.717) is 11.4 Å². The van der Waals surface area contributed by atoms with Crippen LogP contribution in [0.25, 0.3) is 0 Å². The van der Waals surface area contributed by atoms with Crippen LogP contribution in [0.1, 0.15) is 32.2 Å². The fourth-order valence-corrected chi connectivity index (χ4v) is 1.37. The van der Waals surface area contributed by atoms with E-state index in [1.165, 1.54) is 4.68 Å². The number of hydrogen-bond donors (Lipinski definition) is 1. The lowest BCUT2D eigenvalue weighted by Crippen LogP contribution is -2.25. The lowest BCUT2D eigenvalue weighted by atomic mass is 9.92. The molecule has 90 valence electrons. The summed E-state index contributed by atoms with van der Waals surface area (Å²) in [6, 6.07) is 0. The van der Waals surface area contributed by atoms with Crippen molar-refractivity contribution in [3.63, 3.8) is 0 Å². The molecule has 1 N–H and O–H groups in total. The third-order valence-corrected chi connectivity index (χ3v) is 2.42. The Balaban J connectivity index is 3.10. The summed E-state index contributed by atoms with van der Waals surface area (Å²) >= 11 is 0. The first-order valence-corrected chi connectivity index (χ1v) is 5.21. The number of hydrogen-bond acceptors (Lipinski definition) is 2. The molecule has 0 aliphatic heterocycles. The number of likely N-dealkylation sites (N-methyl/N-ethyl adjacent to an activating group) is 1. The molecule has 1 rings (SSSR count). The first-order chi connectivity index (χ1) is 7.27. The molecule has 1 heterocycles. The maximum atomic E-state index is 13.9. The SMILES string of the molecule is CNC(=O)Cn1nc(C(C)(C)C)c(F)c1C. The van der Waals surface area contributed by atoms with E-state index in [9.17, 15) is 9.18 Å². The first kappa shape index (κ1) is 12.7. The van der Waals surface area contributed by atoms with Crippen molar-refractivity contribution < 1.29 is 9.18 Å². The van der Waals surface area contributed by atoms with Crippen molar-refractivity contribution in [3.8, 4) is 0 Å². The Hall–Kier alpha value is -1.39. The minimum atomic E-state index is -0.358. The fraction of sp³-hybridized carbons (Fsp3) is 0.636. The van der Waals surface area contributed by atoms with Gasteiger partial charge in [0.05, 0.1) is 5.69 Å². The van der Waals surface area contributed by atoms with Crippen LogP contribution < -0.4 is 5.32 Å². The Morgan fingerprint density at radius 2 is 2.06 bits per heavy atom. The molecular formula is C11H18FN3O. The number of amides is 1. The van der Waals surface area contributed by atoms with Gasteiger partial charge in [-0.3, -0.25) is 9.48 Å². The average Bonchev–Trinajstić information content (AvgIpc) is 2.45. The number of aromatic nitrogens is 2. The van der Waals surface area contributed by atoms with Gasteiger partial charge in [0, 0.05) is 12.5 Å². The molecule has 1 aromatic rings. The van der Waals surface area contributed by atoms with Crippen molar-refractivity contribution >= 4 is 5.91 Å². The van der Waals surface area contributed by atoms with Gasteiger partial charge in [0.15, 0.2) is 5.82 Å². The van der Waals surface area contributed by atoms with Crippen LogP contribution in [0.5, 0.6) is 0 Å². The van der Waals surface area contributed by atoms with Crippen LogP contribution in [0, 0.1) is 12.7 Å². The second-order valence-electron chi connectivity index (χ2n) is 4.83. The molecule has 0 bridgehead atoms. The number of nitrogens with one attached hydrogen (secondary N) is 1. The van der Waals surface area contributed by atoms with E-state index in [-0.39, 0.29) is 23.7 Å². The van der Waals surface area contributed by atoms with Crippen LogP contribution in [0.3, 0.4) is 0 Å². The number of halogens is 1. The Morgan fingerprint density at radius 3 is 2.44 bits per heavy atom. The van der Waals surface area contributed by atoms with Crippen molar-refractivity contribution in [2.24, 2.45) is 0 Å². The highest BCUT2D eigenvalue weighted by Gasteiger charge is 2.25. The molecule has 0 fully saturated rings. The molecule has 0 radical (unpaired) electrons. The highest BCUT2D eigenvalue weighted by molar-refractivity contribution is 5.75. The molecule has 0 saturated heterocycles. The molecule has 0 aliphatic rings. The fourth-order valence-electron chi connectivity index (χ4n) is 1.37. The zero-order valence-electron chi connectivity index (χ0n) is 10.4. The number of carbonyl (C=O) groups is 1. The lowest BCUT2D eigenvalue weighted by molar-refractivity contribution is -0.121. The summed E-state index contributed by atoms with van der Waals surface area (Å²) in [7, 11) is 1.54. The molecule has 16 heavy (non-hydrogen) atoms. The Morgan fingerprint density at radius 1 is 1.50 bits per heavy atom. The molecule has 1 amide bonds. The zero-order chi connectivity index (χ0) is 12.5. The summed E-state index contributed by atoms with van der Waals surface area (Å²) in [4.78, 5) is 11.2. The van der Waals surface area contributed by atoms with Crippen LogP contribution in [0.2, 0.25) is 0 Å². The van der Waals surface area contributed by atoms with Crippen LogP contribution >= 0.6 is 0 Å². The highest BCUT2D eigenvalue weighted by Crippen LogP contribution is 2.25. The van der Waals surface area contributed by atoms with Crippen molar-refractivity contribution in [1.82, 2.24) is 15.1 Å². The minimum Gasteiger partial charge on any atom is -0.358 e. The smallest absolute Gasteiger partial charge is 0.241 e. The van der Waals surface area contributed by atoms with Gasteiger partial charge in [0.25, 0.3) is 0 Å². The number of carbonyl (C=O) groups excluding carboxylic acids is 1. The van der Waals surface area contributed by atoms with Crippen LogP contribution in [-0.4, -0.2) is 22.7 Å². The predicted octanol–water partition coefficient (Wildman–Crippen LogP) is 1.37. The molecule has 5 heteroatoms. The quantitative estimate of drug-likeness (QED) is 0.829. The maximum absolute atomic E-state index is 13.9. The van der Waals surface area contributed by atoms with Gasteiger partial charge in [0.2, 0.25) is 5.91 Å². The molecule has 0 atom stereocenters. The summed E-state index contributed by atoms with van der Waals surface area (Å²) in [5, 5.41) is 6.64. The van der Waals surface area contributed by atoms with Crippen molar-refractivity contribution in [2.45, 2.75) is 39.7 Å². The normalized spacial score (nSPS) is 11.6. The third kappa shape index (κ3) is 2.40. The van der Waals surface area contributed by atoms with Crippen LogP contribution in [0.4, 0.5) is 4.39 Å². The van der Waals surface area contributed by atoms with Gasteiger partial charge in [0.1, 0.15) is 12.2 Å². The van der Waals surface area contributed by atoms with Gasteiger partial charge in [-0.1, -0.05) is 20.8 Å². The largest absolute Gasteiger partial charge is 0.358 e. The highest BCUT2D eigenvalue weighted by atomic mass is 19.1. The van der Waals surface area contributed by atoms with Crippen molar-refractivity contribution in [1.29, 1.82) is 0 Å². The number of nitrogens with zero attached hydrogens (tertiary/aromatic N) is 2. The monoisotopic (exact) mass is 227 g/mol. The Labute approximate surface area is 94.8 Å². The minimum absolute atomic E-state index is 0.0509. The van der Waals surface area contributed by atoms with E-state index in [4.69, 9.17) is 0 Å². The second kappa shape index (κ2) is 4.23. The molecule has 0 saturated carbocycles. The molecule has 0 unspecified atom stereocenters. The van der Waals surface area contributed by atoms with E-state index in [2.05, 4.69) is 10.4 Å². The summed E-state index contributed by atoms with van der Waals surface area (Å²) in [5.41, 5.74) is 0.436. The third-order valence-electron chi connectivity index (χ3n) is 2.42. The van der Waals surface area contributed by atoms with Gasteiger partial charge in [-0.15, -0.1) is 0 Å². The zero-order valence-corrected chi connectivity index (χ0v) is 10.4. The molecule has 4 nitrogen and oxygen atoms in total. The predicted molar refractivity (Wildman–Crippen MR) is 59.7 cm³/mol. The molecule has 0 aliphatic carbocycles.